The number of likely N-dealkylation sites (tertiary alicyclic amines) is 1. The van der Waals surface area contributed by atoms with Gasteiger partial charge in [0.2, 0.25) is 0 Å². The average molecular weight is 551 g/mol. The molecule has 1 saturated heterocycles. The number of hydrogen-bond acceptors (Lipinski definition) is 7. The normalized spacial score (nSPS) is 19.4. The van der Waals surface area contributed by atoms with Crippen LogP contribution < -0.4 is 19.8 Å². The molecule has 0 aliphatic carbocycles. The third-order valence-corrected chi connectivity index (χ3v) is 8.00. The van der Waals surface area contributed by atoms with Gasteiger partial charge in [-0.2, -0.15) is 0 Å². The monoisotopic (exact) mass is 550 g/mol. The Bertz CT molecular complexity index is 1430. The number of aromatic nitrogens is 2. The van der Waals surface area contributed by atoms with Crippen molar-refractivity contribution < 1.29 is 24.1 Å². The zero-order valence-corrected chi connectivity index (χ0v) is 23.6. The fourth-order valence-corrected chi connectivity index (χ4v) is 5.91. The van der Waals surface area contributed by atoms with Gasteiger partial charge in [-0.3, -0.25) is 9.69 Å². The SMILES string of the molecule is COc1ccc2ncc(=O)n(CCN3CCC(N(Cc4ccc5c(c4)OCCO5)C(=O)O)CC3C(C)(C)C)c2c1. The summed E-state index contributed by atoms with van der Waals surface area (Å²) in [7, 11) is 1.60. The molecule has 2 atom stereocenters. The van der Waals surface area contributed by atoms with E-state index in [1.165, 1.54) is 6.20 Å². The minimum absolute atomic E-state index is 0.0890. The van der Waals surface area contributed by atoms with E-state index in [2.05, 4.69) is 30.7 Å². The summed E-state index contributed by atoms with van der Waals surface area (Å²) in [6.45, 7) is 9.77. The van der Waals surface area contributed by atoms with Crippen LogP contribution in [-0.2, 0) is 13.1 Å². The molecule has 2 aromatic carbocycles. The van der Waals surface area contributed by atoms with Crippen molar-refractivity contribution in [2.75, 3.05) is 33.4 Å². The fourth-order valence-electron chi connectivity index (χ4n) is 5.91. The Kier molecular flexibility index (Phi) is 7.89. The van der Waals surface area contributed by atoms with Crippen LogP contribution in [0.3, 0.4) is 0 Å². The van der Waals surface area contributed by atoms with Crippen LogP contribution >= 0.6 is 0 Å². The molecule has 1 N–H and O–H groups in total. The zero-order chi connectivity index (χ0) is 28.4. The van der Waals surface area contributed by atoms with Gasteiger partial charge in [-0.05, 0) is 48.1 Å². The number of piperidine rings is 1. The molecule has 214 valence electrons. The molecule has 1 fully saturated rings. The van der Waals surface area contributed by atoms with Gasteiger partial charge in [-0.1, -0.05) is 26.8 Å². The summed E-state index contributed by atoms with van der Waals surface area (Å²) in [6, 6.07) is 11.2. The Morgan fingerprint density at radius 1 is 1.12 bits per heavy atom. The average Bonchev–Trinajstić information content (AvgIpc) is 2.94. The maximum atomic E-state index is 12.8. The van der Waals surface area contributed by atoms with Crippen LogP contribution in [0.2, 0.25) is 0 Å². The molecular weight excluding hydrogens is 512 g/mol. The maximum Gasteiger partial charge on any atom is 0.407 e. The third kappa shape index (κ3) is 5.86. The van der Waals surface area contributed by atoms with Crippen LogP contribution in [0.1, 0.15) is 39.2 Å². The van der Waals surface area contributed by atoms with Gasteiger partial charge in [-0.25, -0.2) is 9.78 Å². The number of benzene rings is 2. The molecule has 1 aromatic heterocycles. The van der Waals surface area contributed by atoms with Crippen molar-refractivity contribution in [2.24, 2.45) is 5.41 Å². The number of nitrogens with zero attached hydrogens (tertiary/aromatic N) is 4. The number of ether oxygens (including phenoxy) is 3. The summed E-state index contributed by atoms with van der Waals surface area (Å²) >= 11 is 0. The van der Waals surface area contributed by atoms with Gasteiger partial charge in [0.25, 0.3) is 5.56 Å². The van der Waals surface area contributed by atoms with Crippen LogP contribution in [0.5, 0.6) is 17.2 Å². The topological polar surface area (TPSA) is 106 Å². The summed E-state index contributed by atoms with van der Waals surface area (Å²) < 4.78 is 18.5. The van der Waals surface area contributed by atoms with E-state index in [-0.39, 0.29) is 29.6 Å². The molecule has 0 radical (unpaired) electrons. The molecule has 0 spiro atoms. The van der Waals surface area contributed by atoms with Gasteiger partial charge in [0.05, 0.1) is 24.3 Å². The molecule has 40 heavy (non-hydrogen) atoms. The first-order valence-corrected chi connectivity index (χ1v) is 13.8. The molecule has 0 bridgehead atoms. The van der Waals surface area contributed by atoms with Crippen molar-refractivity contribution in [2.45, 2.75) is 58.8 Å². The van der Waals surface area contributed by atoms with Crippen molar-refractivity contribution in [3.8, 4) is 17.2 Å². The fraction of sp³-hybridized carbons (Fsp3) is 0.500. The summed E-state index contributed by atoms with van der Waals surface area (Å²) in [5, 5.41) is 10.2. The zero-order valence-electron chi connectivity index (χ0n) is 23.6. The number of methoxy groups -OCH3 is 1. The third-order valence-electron chi connectivity index (χ3n) is 8.00. The standard InChI is InChI=1S/C30H38N4O6/c1-30(2,3)27-16-21(34(29(36)37)19-20-5-8-25-26(15-20)40-14-13-39-25)9-10-32(27)11-12-33-24-17-22(38-4)6-7-23(24)31-18-28(33)35/h5-8,15,17-18,21,27H,9-14,16,19H2,1-4H3,(H,36,37). The second-order valence-electron chi connectivity index (χ2n) is 11.6. The lowest BCUT2D eigenvalue weighted by Gasteiger charge is -2.48. The lowest BCUT2D eigenvalue weighted by molar-refractivity contribution is 0.0131. The lowest BCUT2D eigenvalue weighted by atomic mass is 9.78. The smallest absolute Gasteiger partial charge is 0.407 e. The van der Waals surface area contributed by atoms with E-state index < -0.39 is 6.09 Å². The maximum absolute atomic E-state index is 12.8. The second kappa shape index (κ2) is 11.4. The van der Waals surface area contributed by atoms with Crippen LogP contribution in [0, 0.1) is 5.41 Å². The first-order valence-electron chi connectivity index (χ1n) is 13.8. The van der Waals surface area contributed by atoms with Gasteiger partial charge >= 0.3 is 6.09 Å². The molecule has 3 heterocycles. The summed E-state index contributed by atoms with van der Waals surface area (Å²) in [4.78, 5) is 33.5. The van der Waals surface area contributed by atoms with Crippen molar-refractivity contribution in [1.82, 2.24) is 19.4 Å². The van der Waals surface area contributed by atoms with Gasteiger partial charge in [0.1, 0.15) is 19.0 Å². The molecule has 10 heteroatoms. The van der Waals surface area contributed by atoms with Gasteiger partial charge in [-0.15, -0.1) is 0 Å². The Labute approximate surface area is 234 Å². The van der Waals surface area contributed by atoms with Crippen molar-refractivity contribution in [3.05, 3.63) is 58.5 Å². The second-order valence-corrected chi connectivity index (χ2v) is 11.6. The number of fused-ring (bicyclic) bond motifs is 2. The van der Waals surface area contributed by atoms with Gasteiger partial charge in [0, 0.05) is 44.3 Å². The quantitative estimate of drug-likeness (QED) is 0.466. The highest BCUT2D eigenvalue weighted by atomic mass is 16.6. The summed E-state index contributed by atoms with van der Waals surface area (Å²) in [5.41, 5.74) is 2.11. The molecule has 2 unspecified atom stereocenters. The highest BCUT2D eigenvalue weighted by Gasteiger charge is 2.39. The Morgan fingerprint density at radius 3 is 2.62 bits per heavy atom. The number of amides is 1. The summed E-state index contributed by atoms with van der Waals surface area (Å²) in [6.07, 6.45) is 1.86. The predicted molar refractivity (Wildman–Crippen MR) is 151 cm³/mol. The molecule has 3 aromatic rings. The molecule has 2 aliphatic heterocycles. The number of carbonyl (C=O) groups is 1. The Morgan fingerprint density at radius 2 is 1.90 bits per heavy atom. The lowest BCUT2D eigenvalue weighted by Crippen LogP contribution is -2.55. The van der Waals surface area contributed by atoms with Crippen LogP contribution in [-0.4, -0.2) is 76.0 Å². The summed E-state index contributed by atoms with van der Waals surface area (Å²) in [5.74, 6) is 2.03. The Hall–Kier alpha value is -3.79. The van der Waals surface area contributed by atoms with E-state index in [4.69, 9.17) is 14.2 Å². The first kappa shape index (κ1) is 27.8. The van der Waals surface area contributed by atoms with E-state index in [0.29, 0.717) is 56.4 Å². The Balaban J connectivity index is 1.33. The van der Waals surface area contributed by atoms with E-state index in [1.807, 2.05) is 36.4 Å². The van der Waals surface area contributed by atoms with E-state index in [0.717, 1.165) is 23.1 Å². The van der Waals surface area contributed by atoms with Crippen LogP contribution in [0.25, 0.3) is 11.0 Å². The largest absolute Gasteiger partial charge is 0.497 e. The number of carboxylic acid groups (broad SMARTS) is 1. The van der Waals surface area contributed by atoms with Crippen molar-refractivity contribution >= 4 is 17.1 Å². The molecule has 2 aliphatic rings. The van der Waals surface area contributed by atoms with E-state index in [9.17, 15) is 14.7 Å². The van der Waals surface area contributed by atoms with E-state index in [1.54, 1.807) is 16.6 Å². The highest BCUT2D eigenvalue weighted by molar-refractivity contribution is 5.76. The molecule has 5 rings (SSSR count). The predicted octanol–water partition coefficient (Wildman–Crippen LogP) is 4.24. The number of hydrogen-bond donors (Lipinski definition) is 1. The van der Waals surface area contributed by atoms with Crippen molar-refractivity contribution in [1.29, 1.82) is 0 Å². The minimum Gasteiger partial charge on any atom is -0.497 e. The molecule has 10 nitrogen and oxygen atoms in total. The van der Waals surface area contributed by atoms with Crippen LogP contribution in [0.15, 0.2) is 47.4 Å². The van der Waals surface area contributed by atoms with Gasteiger partial charge < -0.3 is 28.8 Å². The molecular formula is C30H38N4O6. The van der Waals surface area contributed by atoms with Gasteiger partial charge in [0.15, 0.2) is 11.5 Å². The minimum atomic E-state index is -0.926. The van der Waals surface area contributed by atoms with E-state index >= 15 is 0 Å². The first-order chi connectivity index (χ1) is 19.1. The van der Waals surface area contributed by atoms with Crippen molar-refractivity contribution in [3.63, 3.8) is 0 Å². The highest BCUT2D eigenvalue weighted by Crippen LogP contribution is 2.35. The number of rotatable bonds is 7. The molecule has 0 saturated carbocycles. The van der Waals surface area contributed by atoms with Crippen LogP contribution in [0.4, 0.5) is 4.79 Å². The molecule has 1 amide bonds.